The maximum absolute atomic E-state index is 13.1. The van der Waals surface area contributed by atoms with Crippen LogP contribution < -0.4 is 0 Å². The van der Waals surface area contributed by atoms with Crippen LogP contribution in [0.5, 0.6) is 0 Å². The van der Waals surface area contributed by atoms with Gasteiger partial charge in [0.1, 0.15) is 5.82 Å². The summed E-state index contributed by atoms with van der Waals surface area (Å²) in [6, 6.07) is 8.44. The summed E-state index contributed by atoms with van der Waals surface area (Å²) in [5.74, 6) is 1.62. The van der Waals surface area contributed by atoms with Gasteiger partial charge in [-0.05, 0) is 31.8 Å². The number of aryl methyl sites for hydroxylation is 1. The number of nitrogens with zero attached hydrogens (tertiary/aromatic N) is 3. The summed E-state index contributed by atoms with van der Waals surface area (Å²) < 4.78 is 2.24. The molecule has 0 bridgehead atoms. The Kier molecular flexibility index (Phi) is 6.15. The Balaban J connectivity index is 1.99. The highest BCUT2D eigenvalue weighted by Crippen LogP contribution is 2.29. The van der Waals surface area contributed by atoms with Crippen LogP contribution in [0.1, 0.15) is 50.7 Å². The summed E-state index contributed by atoms with van der Waals surface area (Å²) in [4.78, 5) is 20.0. The summed E-state index contributed by atoms with van der Waals surface area (Å²) in [6.45, 7) is 11.1. The molecule has 2 aromatic rings. The lowest BCUT2D eigenvalue weighted by molar-refractivity contribution is -0.130. The zero-order valence-electron chi connectivity index (χ0n) is 17.0. The maximum atomic E-state index is 13.1. The van der Waals surface area contributed by atoms with Crippen molar-refractivity contribution in [2.75, 3.05) is 13.1 Å². The molecule has 1 aliphatic rings. The molecule has 1 aromatic heterocycles. The summed E-state index contributed by atoms with van der Waals surface area (Å²) in [5, 5.41) is 0. The Hall–Kier alpha value is -2.36. The van der Waals surface area contributed by atoms with E-state index in [-0.39, 0.29) is 5.91 Å². The lowest BCUT2D eigenvalue weighted by Crippen LogP contribution is -2.34. The van der Waals surface area contributed by atoms with Crippen LogP contribution in [0.25, 0.3) is 17.3 Å². The van der Waals surface area contributed by atoms with Gasteiger partial charge in [-0.1, -0.05) is 56.7 Å². The van der Waals surface area contributed by atoms with Crippen molar-refractivity contribution in [2.45, 2.75) is 53.5 Å². The normalized spacial score (nSPS) is 15.6. The first kappa shape index (κ1) is 19.4. The quantitative estimate of drug-likeness (QED) is 0.712. The van der Waals surface area contributed by atoms with E-state index in [1.54, 1.807) is 0 Å². The van der Waals surface area contributed by atoms with Crippen LogP contribution >= 0.6 is 0 Å². The Labute approximate surface area is 162 Å². The van der Waals surface area contributed by atoms with Crippen molar-refractivity contribution in [1.82, 2.24) is 14.5 Å². The Morgan fingerprint density at radius 1 is 1.19 bits per heavy atom. The van der Waals surface area contributed by atoms with E-state index >= 15 is 0 Å². The standard InChI is InChI=1S/C23H31N3O/c1-5-13-25(14-6-2)22(27)15-20-23(19-10-7-17(3)8-11-19)24-21-12-9-18(4)16-26(20)21/h7-12,18H,5-6,13-16H2,1-4H3. The molecule has 1 amide bonds. The van der Waals surface area contributed by atoms with Crippen molar-refractivity contribution >= 4 is 12.0 Å². The molecule has 1 aliphatic heterocycles. The van der Waals surface area contributed by atoms with E-state index in [2.05, 4.69) is 68.7 Å². The topological polar surface area (TPSA) is 38.1 Å². The third kappa shape index (κ3) is 4.32. The highest BCUT2D eigenvalue weighted by molar-refractivity contribution is 5.81. The van der Waals surface area contributed by atoms with E-state index in [0.29, 0.717) is 12.3 Å². The van der Waals surface area contributed by atoms with E-state index in [1.165, 1.54) is 5.56 Å². The van der Waals surface area contributed by atoms with E-state index in [4.69, 9.17) is 4.98 Å². The van der Waals surface area contributed by atoms with E-state index in [1.807, 2.05) is 4.90 Å². The number of imidazole rings is 1. The first-order valence-electron chi connectivity index (χ1n) is 10.2. The summed E-state index contributed by atoms with van der Waals surface area (Å²) in [7, 11) is 0. The molecule has 1 atom stereocenters. The van der Waals surface area contributed by atoms with Crippen LogP contribution in [-0.2, 0) is 17.8 Å². The molecule has 3 rings (SSSR count). The SMILES string of the molecule is CCCN(CCC)C(=O)Cc1c(-c2ccc(C)cc2)nc2n1CC(C)C=C2. The van der Waals surface area contributed by atoms with Crippen molar-refractivity contribution < 1.29 is 4.79 Å². The fraction of sp³-hybridized carbons (Fsp3) is 0.478. The van der Waals surface area contributed by atoms with Crippen LogP contribution in [0, 0.1) is 12.8 Å². The van der Waals surface area contributed by atoms with Crippen LogP contribution in [0.2, 0.25) is 0 Å². The van der Waals surface area contributed by atoms with Gasteiger partial charge in [0.2, 0.25) is 5.91 Å². The van der Waals surface area contributed by atoms with Crippen LogP contribution in [-0.4, -0.2) is 33.4 Å². The number of aromatic nitrogens is 2. The molecule has 0 saturated carbocycles. The molecule has 0 fully saturated rings. The summed E-state index contributed by atoms with van der Waals surface area (Å²) >= 11 is 0. The number of hydrogen-bond donors (Lipinski definition) is 0. The van der Waals surface area contributed by atoms with Gasteiger partial charge in [0.25, 0.3) is 0 Å². The van der Waals surface area contributed by atoms with Gasteiger partial charge >= 0.3 is 0 Å². The monoisotopic (exact) mass is 365 g/mol. The predicted octanol–water partition coefficient (Wildman–Crippen LogP) is 4.71. The van der Waals surface area contributed by atoms with Gasteiger partial charge in [-0.3, -0.25) is 4.79 Å². The molecule has 4 nitrogen and oxygen atoms in total. The van der Waals surface area contributed by atoms with Gasteiger partial charge in [0.05, 0.1) is 17.8 Å². The second-order valence-corrected chi connectivity index (χ2v) is 7.64. The molecule has 1 unspecified atom stereocenters. The fourth-order valence-electron chi connectivity index (χ4n) is 3.71. The lowest BCUT2D eigenvalue weighted by Gasteiger charge is -2.23. The predicted molar refractivity (Wildman–Crippen MR) is 111 cm³/mol. The highest BCUT2D eigenvalue weighted by atomic mass is 16.2. The smallest absolute Gasteiger partial charge is 0.228 e. The summed E-state index contributed by atoms with van der Waals surface area (Å²) in [6.07, 6.45) is 6.68. The molecule has 1 aromatic carbocycles. The van der Waals surface area contributed by atoms with Crippen LogP contribution in [0.3, 0.4) is 0 Å². The zero-order chi connectivity index (χ0) is 19.4. The third-order valence-electron chi connectivity index (χ3n) is 5.13. The maximum Gasteiger partial charge on any atom is 0.228 e. The second kappa shape index (κ2) is 8.55. The largest absolute Gasteiger partial charge is 0.342 e. The summed E-state index contributed by atoms with van der Waals surface area (Å²) in [5.41, 5.74) is 4.31. The zero-order valence-corrected chi connectivity index (χ0v) is 17.0. The minimum atomic E-state index is 0.206. The van der Waals surface area contributed by atoms with Crippen LogP contribution in [0.4, 0.5) is 0 Å². The van der Waals surface area contributed by atoms with Crippen LogP contribution in [0.15, 0.2) is 30.3 Å². The molecule has 27 heavy (non-hydrogen) atoms. The average Bonchev–Trinajstić information content (AvgIpc) is 3.00. The minimum Gasteiger partial charge on any atom is -0.342 e. The van der Waals surface area contributed by atoms with Gasteiger partial charge in [-0.2, -0.15) is 0 Å². The van der Waals surface area contributed by atoms with Gasteiger partial charge in [0, 0.05) is 25.2 Å². The van der Waals surface area contributed by atoms with E-state index in [0.717, 1.165) is 55.3 Å². The van der Waals surface area contributed by atoms with Gasteiger partial charge in [-0.25, -0.2) is 4.98 Å². The molecule has 0 aliphatic carbocycles. The molecule has 0 N–H and O–H groups in total. The van der Waals surface area contributed by atoms with Crippen molar-refractivity contribution in [3.05, 3.63) is 47.4 Å². The number of rotatable bonds is 7. The van der Waals surface area contributed by atoms with Crippen molar-refractivity contribution in [3.63, 3.8) is 0 Å². The van der Waals surface area contributed by atoms with Crippen molar-refractivity contribution in [1.29, 1.82) is 0 Å². The number of amides is 1. The second-order valence-electron chi connectivity index (χ2n) is 7.64. The van der Waals surface area contributed by atoms with Crippen molar-refractivity contribution in [3.8, 4) is 11.3 Å². The molecule has 0 spiro atoms. The molecule has 2 heterocycles. The molecular formula is C23H31N3O. The van der Waals surface area contributed by atoms with Gasteiger partial charge in [0.15, 0.2) is 0 Å². The molecule has 0 radical (unpaired) electrons. The van der Waals surface area contributed by atoms with Gasteiger partial charge in [-0.15, -0.1) is 0 Å². The molecule has 144 valence electrons. The average molecular weight is 366 g/mol. The first-order valence-corrected chi connectivity index (χ1v) is 10.2. The molecule has 4 heteroatoms. The highest BCUT2D eigenvalue weighted by Gasteiger charge is 2.24. The fourth-order valence-corrected chi connectivity index (χ4v) is 3.71. The Morgan fingerprint density at radius 3 is 2.48 bits per heavy atom. The van der Waals surface area contributed by atoms with E-state index < -0.39 is 0 Å². The molecule has 0 saturated heterocycles. The van der Waals surface area contributed by atoms with Gasteiger partial charge < -0.3 is 9.47 Å². The first-order chi connectivity index (χ1) is 13.0. The number of carbonyl (C=O) groups excluding carboxylic acids is 1. The number of hydrogen-bond acceptors (Lipinski definition) is 2. The Morgan fingerprint density at radius 2 is 1.85 bits per heavy atom. The lowest BCUT2D eigenvalue weighted by atomic mass is 10.1. The van der Waals surface area contributed by atoms with E-state index in [9.17, 15) is 4.79 Å². The molecular weight excluding hydrogens is 334 g/mol. The third-order valence-corrected chi connectivity index (χ3v) is 5.13. The Bertz CT molecular complexity index is 811. The van der Waals surface area contributed by atoms with Crippen molar-refractivity contribution in [2.24, 2.45) is 5.92 Å². The number of carbonyl (C=O) groups is 1. The number of fused-ring (bicyclic) bond motifs is 1. The minimum absolute atomic E-state index is 0.206. The number of allylic oxidation sites excluding steroid dienone is 1. The number of benzene rings is 1.